The van der Waals surface area contributed by atoms with E-state index in [0.29, 0.717) is 18.5 Å². The Balaban J connectivity index is 1.60. The van der Waals surface area contributed by atoms with Crippen molar-refractivity contribution >= 4 is 26.6 Å². The summed E-state index contributed by atoms with van der Waals surface area (Å²) in [6.07, 6.45) is 3.19. The number of aryl methyl sites for hydroxylation is 2. The molecule has 2 N–H and O–H groups in total. The van der Waals surface area contributed by atoms with Gasteiger partial charge in [0.25, 0.3) is 11.5 Å². The molecule has 33 heavy (non-hydrogen) atoms. The van der Waals surface area contributed by atoms with Crippen molar-refractivity contribution in [2.45, 2.75) is 17.9 Å². The first-order chi connectivity index (χ1) is 15.8. The molecule has 0 fully saturated rings. The lowest BCUT2D eigenvalue weighted by molar-refractivity contribution is 0.0706. The number of hydroxylamine groups is 1. The predicted octanol–water partition coefficient (Wildman–Crippen LogP) is 2.83. The first-order valence-corrected chi connectivity index (χ1v) is 12.0. The predicted molar refractivity (Wildman–Crippen MR) is 124 cm³/mol. The van der Waals surface area contributed by atoms with Crippen LogP contribution in [0.15, 0.2) is 82.7 Å². The smallest absolute Gasteiger partial charge is 0.274 e. The van der Waals surface area contributed by atoms with Crippen molar-refractivity contribution in [1.29, 1.82) is 0 Å². The SMILES string of the molecule is CS(=O)(=O)c1cccc(-c2cccc(CCn3cnc4ccc(C(=O)NO)cc4c3=O)c2)c1. The second-order valence-electron chi connectivity index (χ2n) is 7.67. The average molecular weight is 464 g/mol. The highest BCUT2D eigenvalue weighted by Gasteiger charge is 2.11. The zero-order valence-electron chi connectivity index (χ0n) is 17.7. The normalized spacial score (nSPS) is 11.5. The van der Waals surface area contributed by atoms with Gasteiger partial charge in [-0.25, -0.2) is 18.9 Å². The molecular formula is C24H21N3O5S. The van der Waals surface area contributed by atoms with Gasteiger partial charge in [0.05, 0.1) is 22.1 Å². The van der Waals surface area contributed by atoms with Crippen molar-refractivity contribution in [3.63, 3.8) is 0 Å². The highest BCUT2D eigenvalue weighted by Crippen LogP contribution is 2.24. The molecule has 1 amide bonds. The van der Waals surface area contributed by atoms with E-state index in [1.54, 1.807) is 29.7 Å². The number of hydrogen-bond acceptors (Lipinski definition) is 6. The van der Waals surface area contributed by atoms with E-state index in [1.165, 1.54) is 29.3 Å². The second-order valence-corrected chi connectivity index (χ2v) is 9.68. The third-order valence-corrected chi connectivity index (χ3v) is 6.46. The Bertz CT molecular complexity index is 1530. The molecule has 3 aromatic carbocycles. The summed E-state index contributed by atoms with van der Waals surface area (Å²) in [6, 6.07) is 18.9. The molecule has 4 aromatic rings. The number of hydrogen-bond donors (Lipinski definition) is 2. The maximum absolute atomic E-state index is 12.9. The van der Waals surface area contributed by atoms with Crippen LogP contribution in [0.1, 0.15) is 15.9 Å². The molecule has 0 bridgehead atoms. The van der Waals surface area contributed by atoms with Gasteiger partial charge in [-0.05, 0) is 53.4 Å². The molecule has 168 valence electrons. The topological polar surface area (TPSA) is 118 Å². The van der Waals surface area contributed by atoms with E-state index >= 15 is 0 Å². The van der Waals surface area contributed by atoms with Gasteiger partial charge in [-0.15, -0.1) is 0 Å². The molecule has 0 saturated heterocycles. The van der Waals surface area contributed by atoms with Crippen LogP contribution < -0.4 is 11.0 Å². The second kappa shape index (κ2) is 8.97. The fourth-order valence-corrected chi connectivity index (χ4v) is 4.25. The van der Waals surface area contributed by atoms with Gasteiger partial charge >= 0.3 is 0 Å². The quantitative estimate of drug-likeness (QED) is 0.335. The highest BCUT2D eigenvalue weighted by molar-refractivity contribution is 7.90. The average Bonchev–Trinajstić information content (AvgIpc) is 2.83. The largest absolute Gasteiger partial charge is 0.298 e. The van der Waals surface area contributed by atoms with Crippen LogP contribution >= 0.6 is 0 Å². The van der Waals surface area contributed by atoms with Gasteiger partial charge in [0, 0.05) is 18.4 Å². The molecule has 9 heteroatoms. The number of aromatic nitrogens is 2. The van der Waals surface area contributed by atoms with Crippen LogP contribution in [-0.4, -0.2) is 35.3 Å². The van der Waals surface area contributed by atoms with Gasteiger partial charge in [0.1, 0.15) is 0 Å². The number of carbonyl (C=O) groups is 1. The van der Waals surface area contributed by atoms with Crippen molar-refractivity contribution in [3.05, 3.63) is 94.5 Å². The van der Waals surface area contributed by atoms with Crippen LogP contribution in [-0.2, 0) is 22.8 Å². The third-order valence-electron chi connectivity index (χ3n) is 5.35. The summed E-state index contributed by atoms with van der Waals surface area (Å²) in [5.74, 6) is -0.705. The number of benzene rings is 3. The molecular weight excluding hydrogens is 442 g/mol. The van der Waals surface area contributed by atoms with Gasteiger partial charge in [-0.2, -0.15) is 0 Å². The fraction of sp³-hybridized carbons (Fsp3) is 0.125. The maximum Gasteiger partial charge on any atom is 0.274 e. The summed E-state index contributed by atoms with van der Waals surface area (Å²) >= 11 is 0. The van der Waals surface area contributed by atoms with Crippen LogP contribution in [0.5, 0.6) is 0 Å². The van der Waals surface area contributed by atoms with Crippen molar-refractivity contribution in [2.24, 2.45) is 0 Å². The van der Waals surface area contributed by atoms with Crippen LogP contribution in [0.25, 0.3) is 22.0 Å². The Labute approximate surface area is 190 Å². The highest BCUT2D eigenvalue weighted by atomic mass is 32.2. The molecule has 1 aromatic heterocycles. The van der Waals surface area contributed by atoms with E-state index in [2.05, 4.69) is 4.98 Å². The van der Waals surface area contributed by atoms with Crippen molar-refractivity contribution in [2.75, 3.05) is 6.26 Å². The zero-order chi connectivity index (χ0) is 23.6. The molecule has 8 nitrogen and oxygen atoms in total. The summed E-state index contributed by atoms with van der Waals surface area (Å²) < 4.78 is 25.2. The molecule has 0 spiro atoms. The number of fused-ring (bicyclic) bond motifs is 1. The standard InChI is InChI=1S/C24H21N3O5S/c1-33(31,32)20-7-3-6-18(13-20)17-5-2-4-16(12-17)10-11-27-15-25-22-9-8-19(23(28)26-30)14-21(22)24(27)29/h2-9,12-15,30H,10-11H2,1H3,(H,26,28). The lowest BCUT2D eigenvalue weighted by atomic mass is 10.0. The van der Waals surface area contributed by atoms with Crippen LogP contribution in [0.2, 0.25) is 0 Å². The van der Waals surface area contributed by atoms with Crippen LogP contribution in [0, 0.1) is 0 Å². The minimum absolute atomic E-state index is 0.158. The third kappa shape index (κ3) is 4.84. The fourth-order valence-electron chi connectivity index (χ4n) is 3.59. The summed E-state index contributed by atoms with van der Waals surface area (Å²) in [7, 11) is -3.31. The summed E-state index contributed by atoms with van der Waals surface area (Å²) in [4.78, 5) is 29.1. The van der Waals surface area contributed by atoms with E-state index in [4.69, 9.17) is 5.21 Å². The maximum atomic E-state index is 12.9. The summed E-state index contributed by atoms with van der Waals surface area (Å²) in [5.41, 5.74) is 4.52. The Morgan fingerprint density at radius 3 is 2.48 bits per heavy atom. The first kappa shape index (κ1) is 22.4. The Morgan fingerprint density at radius 1 is 1.03 bits per heavy atom. The monoisotopic (exact) mass is 463 g/mol. The van der Waals surface area contributed by atoms with Crippen molar-refractivity contribution in [3.8, 4) is 11.1 Å². The zero-order valence-corrected chi connectivity index (χ0v) is 18.5. The number of rotatable bonds is 6. The minimum atomic E-state index is -3.31. The minimum Gasteiger partial charge on any atom is -0.298 e. The Kier molecular flexibility index (Phi) is 6.08. The van der Waals surface area contributed by atoms with Gasteiger partial charge in [0.15, 0.2) is 9.84 Å². The Morgan fingerprint density at radius 2 is 1.76 bits per heavy atom. The number of carbonyl (C=O) groups excluding carboxylic acids is 1. The van der Waals surface area contributed by atoms with E-state index in [9.17, 15) is 18.0 Å². The molecule has 0 saturated carbocycles. The molecule has 0 aliphatic heterocycles. The van der Waals surface area contributed by atoms with Gasteiger partial charge in [0.2, 0.25) is 0 Å². The van der Waals surface area contributed by atoms with Crippen molar-refractivity contribution in [1.82, 2.24) is 15.0 Å². The number of amides is 1. The van der Waals surface area contributed by atoms with E-state index in [-0.39, 0.29) is 21.4 Å². The van der Waals surface area contributed by atoms with Crippen LogP contribution in [0.3, 0.4) is 0 Å². The van der Waals surface area contributed by atoms with E-state index in [1.807, 2.05) is 30.3 Å². The summed E-state index contributed by atoms with van der Waals surface area (Å²) in [6.45, 7) is 0.366. The molecule has 1 heterocycles. The lowest BCUT2D eigenvalue weighted by Gasteiger charge is -2.09. The molecule has 0 radical (unpaired) electrons. The molecule has 0 atom stereocenters. The van der Waals surface area contributed by atoms with Gasteiger partial charge in [-0.3, -0.25) is 19.4 Å². The lowest BCUT2D eigenvalue weighted by Crippen LogP contribution is -2.23. The first-order valence-electron chi connectivity index (χ1n) is 10.1. The molecule has 0 aliphatic rings. The number of nitrogens with one attached hydrogen (secondary N) is 1. The molecule has 0 aliphatic carbocycles. The Hall–Kier alpha value is -3.82. The summed E-state index contributed by atoms with van der Waals surface area (Å²) in [5, 5.41) is 9.11. The van der Waals surface area contributed by atoms with Gasteiger partial charge < -0.3 is 0 Å². The number of nitrogens with zero attached hydrogens (tertiary/aromatic N) is 2. The molecule has 4 rings (SSSR count). The van der Waals surface area contributed by atoms with Crippen molar-refractivity contribution < 1.29 is 18.4 Å². The van der Waals surface area contributed by atoms with Crippen LogP contribution in [0.4, 0.5) is 0 Å². The number of sulfone groups is 1. The molecule has 0 unspecified atom stereocenters. The van der Waals surface area contributed by atoms with E-state index < -0.39 is 15.7 Å². The van der Waals surface area contributed by atoms with Gasteiger partial charge in [-0.1, -0.05) is 36.4 Å². The van der Waals surface area contributed by atoms with E-state index in [0.717, 1.165) is 16.7 Å².